The Kier molecular flexibility index (Phi) is 4.45. The zero-order valence-electron chi connectivity index (χ0n) is 8.73. The molecular formula is C9H7ClF2N2O3S. The predicted octanol–water partition coefficient (Wildman–Crippen LogP) is 1.55. The van der Waals surface area contributed by atoms with Crippen molar-refractivity contribution in [1.29, 1.82) is 5.26 Å². The van der Waals surface area contributed by atoms with Gasteiger partial charge in [0.2, 0.25) is 0 Å². The van der Waals surface area contributed by atoms with Crippen molar-refractivity contribution in [2.24, 2.45) is 5.73 Å². The fourth-order valence-corrected chi connectivity index (χ4v) is 2.41. The molecule has 0 aliphatic heterocycles. The van der Waals surface area contributed by atoms with Gasteiger partial charge in [-0.25, -0.2) is 8.42 Å². The summed E-state index contributed by atoms with van der Waals surface area (Å²) < 4.78 is 50.7. The third-order valence-electron chi connectivity index (χ3n) is 1.98. The summed E-state index contributed by atoms with van der Waals surface area (Å²) in [7, 11) is 0.966. The maximum absolute atomic E-state index is 12.1. The van der Waals surface area contributed by atoms with E-state index >= 15 is 0 Å². The first-order chi connectivity index (χ1) is 8.29. The summed E-state index contributed by atoms with van der Waals surface area (Å²) >= 11 is 0. The van der Waals surface area contributed by atoms with Crippen LogP contribution < -0.4 is 10.5 Å². The second-order valence-corrected chi connectivity index (χ2v) is 5.62. The first-order valence-corrected chi connectivity index (χ1v) is 6.77. The smallest absolute Gasteiger partial charge is 0.387 e. The molecule has 1 aromatic rings. The Morgan fingerprint density at radius 3 is 2.50 bits per heavy atom. The third-order valence-corrected chi connectivity index (χ3v) is 3.39. The number of halogens is 3. The lowest BCUT2D eigenvalue weighted by molar-refractivity contribution is -0.0502. The number of nitriles is 1. The average molecular weight is 297 g/mol. The number of nitrogens with zero attached hydrogens (tertiary/aromatic N) is 1. The molecule has 0 aliphatic carbocycles. The minimum absolute atomic E-state index is 0.0446. The molecule has 0 saturated heterocycles. The van der Waals surface area contributed by atoms with Crippen molar-refractivity contribution in [3.8, 4) is 11.8 Å². The Bertz CT molecular complexity index is 599. The first-order valence-electron chi connectivity index (χ1n) is 4.46. The zero-order chi connectivity index (χ0) is 13.9. The summed E-state index contributed by atoms with van der Waals surface area (Å²) in [6, 6.07) is 3.41. The van der Waals surface area contributed by atoms with Gasteiger partial charge in [0.15, 0.2) is 0 Å². The molecule has 1 rings (SSSR count). The fraction of sp³-hybridized carbons (Fsp3) is 0.222. The maximum atomic E-state index is 12.1. The topological polar surface area (TPSA) is 93.2 Å². The lowest BCUT2D eigenvalue weighted by Crippen LogP contribution is -2.08. The van der Waals surface area contributed by atoms with Gasteiger partial charge in [0.25, 0.3) is 9.05 Å². The van der Waals surface area contributed by atoms with E-state index in [2.05, 4.69) is 4.74 Å². The van der Waals surface area contributed by atoms with Crippen LogP contribution >= 0.6 is 10.7 Å². The molecule has 98 valence electrons. The van der Waals surface area contributed by atoms with Crippen molar-refractivity contribution in [2.45, 2.75) is 18.1 Å². The molecule has 18 heavy (non-hydrogen) atoms. The summed E-state index contributed by atoms with van der Waals surface area (Å²) in [5.41, 5.74) is 5.10. The van der Waals surface area contributed by atoms with Gasteiger partial charge in [0.05, 0.1) is 10.5 Å². The number of nitrogens with two attached hydrogens (primary N) is 1. The molecule has 0 aromatic heterocycles. The highest BCUT2D eigenvalue weighted by molar-refractivity contribution is 8.13. The number of ether oxygens (including phenoxy) is 1. The van der Waals surface area contributed by atoms with Crippen LogP contribution in [0.3, 0.4) is 0 Å². The van der Waals surface area contributed by atoms with E-state index in [-0.39, 0.29) is 17.7 Å². The molecule has 0 heterocycles. The number of rotatable bonds is 4. The molecule has 0 aliphatic rings. The van der Waals surface area contributed by atoms with Crippen molar-refractivity contribution in [1.82, 2.24) is 0 Å². The van der Waals surface area contributed by atoms with E-state index in [4.69, 9.17) is 21.7 Å². The standard InChI is InChI=1S/C9H7ClF2N2O3S/c10-18(15,16)8-2-7(17-9(11)12)5(3-13)1-6(8)4-14/h1-2,9H,4,14H2. The quantitative estimate of drug-likeness (QED) is 0.851. The lowest BCUT2D eigenvalue weighted by atomic mass is 10.1. The number of hydrogen-bond acceptors (Lipinski definition) is 5. The van der Waals surface area contributed by atoms with Crippen molar-refractivity contribution in [2.75, 3.05) is 0 Å². The Morgan fingerprint density at radius 2 is 2.11 bits per heavy atom. The van der Waals surface area contributed by atoms with Gasteiger partial charge in [-0.05, 0) is 11.6 Å². The summed E-state index contributed by atoms with van der Waals surface area (Å²) in [5.74, 6) is -0.566. The van der Waals surface area contributed by atoms with Gasteiger partial charge < -0.3 is 10.5 Å². The summed E-state index contributed by atoms with van der Waals surface area (Å²) in [4.78, 5) is -0.457. The highest BCUT2D eigenvalue weighted by atomic mass is 35.7. The molecule has 5 nitrogen and oxygen atoms in total. The van der Waals surface area contributed by atoms with Gasteiger partial charge in [-0.2, -0.15) is 14.0 Å². The molecule has 0 bridgehead atoms. The summed E-state index contributed by atoms with van der Waals surface area (Å²) in [6.07, 6.45) is 0. The minimum atomic E-state index is -4.17. The molecule has 2 N–H and O–H groups in total. The number of hydrogen-bond donors (Lipinski definition) is 1. The Hall–Kier alpha value is -1.43. The van der Waals surface area contributed by atoms with Gasteiger partial charge >= 0.3 is 6.61 Å². The molecule has 0 atom stereocenters. The highest BCUT2D eigenvalue weighted by Gasteiger charge is 2.20. The number of benzene rings is 1. The van der Waals surface area contributed by atoms with E-state index < -0.39 is 26.3 Å². The molecular weight excluding hydrogens is 290 g/mol. The SMILES string of the molecule is N#Cc1cc(CN)c(S(=O)(=O)Cl)cc1OC(F)F. The van der Waals surface area contributed by atoms with Gasteiger partial charge in [-0.15, -0.1) is 0 Å². The van der Waals surface area contributed by atoms with Crippen LogP contribution in [-0.2, 0) is 15.6 Å². The zero-order valence-corrected chi connectivity index (χ0v) is 10.3. The highest BCUT2D eigenvalue weighted by Crippen LogP contribution is 2.29. The van der Waals surface area contributed by atoms with Gasteiger partial charge in [-0.3, -0.25) is 0 Å². The molecule has 0 radical (unpaired) electrons. The van der Waals surface area contributed by atoms with Crippen molar-refractivity contribution < 1.29 is 21.9 Å². The normalized spacial score (nSPS) is 11.3. The van der Waals surface area contributed by atoms with E-state index in [0.717, 1.165) is 12.1 Å². The van der Waals surface area contributed by atoms with E-state index in [1.165, 1.54) is 0 Å². The molecule has 0 saturated carbocycles. The van der Waals surface area contributed by atoms with Crippen LogP contribution in [0.1, 0.15) is 11.1 Å². The lowest BCUT2D eigenvalue weighted by Gasteiger charge is -2.11. The van der Waals surface area contributed by atoms with E-state index in [1.807, 2.05) is 0 Å². The van der Waals surface area contributed by atoms with Gasteiger partial charge in [0.1, 0.15) is 11.8 Å². The van der Waals surface area contributed by atoms with Crippen LogP contribution in [0.5, 0.6) is 5.75 Å². The van der Waals surface area contributed by atoms with Crippen LogP contribution in [0.2, 0.25) is 0 Å². The van der Waals surface area contributed by atoms with Crippen molar-refractivity contribution in [3.05, 3.63) is 23.3 Å². The number of alkyl halides is 2. The minimum Gasteiger partial charge on any atom is -0.433 e. The second-order valence-electron chi connectivity index (χ2n) is 3.09. The van der Waals surface area contributed by atoms with E-state index in [1.54, 1.807) is 6.07 Å². The van der Waals surface area contributed by atoms with E-state index in [0.29, 0.717) is 0 Å². The molecule has 0 amide bonds. The molecule has 1 aromatic carbocycles. The van der Waals surface area contributed by atoms with Crippen LogP contribution in [0, 0.1) is 11.3 Å². The molecule has 9 heteroatoms. The van der Waals surface area contributed by atoms with Crippen LogP contribution in [0.4, 0.5) is 8.78 Å². The Balaban J connectivity index is 3.50. The second kappa shape index (κ2) is 5.48. The van der Waals surface area contributed by atoms with Crippen LogP contribution in [-0.4, -0.2) is 15.0 Å². The van der Waals surface area contributed by atoms with Crippen molar-refractivity contribution in [3.63, 3.8) is 0 Å². The summed E-state index contributed by atoms with van der Waals surface area (Å²) in [5, 5.41) is 8.75. The fourth-order valence-electron chi connectivity index (χ4n) is 1.27. The summed E-state index contributed by atoms with van der Waals surface area (Å²) in [6.45, 7) is -3.41. The van der Waals surface area contributed by atoms with Gasteiger partial charge in [0, 0.05) is 23.3 Å². The molecule has 0 fully saturated rings. The Labute approximate surface area is 106 Å². The average Bonchev–Trinajstić information content (AvgIpc) is 2.26. The monoisotopic (exact) mass is 296 g/mol. The van der Waals surface area contributed by atoms with Gasteiger partial charge in [-0.1, -0.05) is 0 Å². The first kappa shape index (κ1) is 14.6. The maximum Gasteiger partial charge on any atom is 0.387 e. The third kappa shape index (κ3) is 3.29. The molecule has 0 unspecified atom stereocenters. The van der Waals surface area contributed by atoms with E-state index in [9.17, 15) is 17.2 Å². The Morgan fingerprint density at radius 1 is 1.50 bits per heavy atom. The predicted molar refractivity (Wildman–Crippen MR) is 58.7 cm³/mol. The largest absolute Gasteiger partial charge is 0.433 e. The van der Waals surface area contributed by atoms with Crippen LogP contribution in [0.25, 0.3) is 0 Å². The van der Waals surface area contributed by atoms with Crippen LogP contribution in [0.15, 0.2) is 17.0 Å². The molecule has 0 spiro atoms. The van der Waals surface area contributed by atoms with Crippen molar-refractivity contribution >= 4 is 19.7 Å².